The first kappa shape index (κ1) is 7.40. The lowest BCUT2D eigenvalue weighted by Crippen LogP contribution is -2.42. The monoisotopic (exact) mass is 164 g/mol. The zero-order valence-electron chi connectivity index (χ0n) is 6.79. The van der Waals surface area contributed by atoms with Gasteiger partial charge in [-0.3, -0.25) is 4.79 Å². The lowest BCUT2D eigenvalue weighted by molar-refractivity contribution is -0.122. The Morgan fingerprint density at radius 2 is 2.25 bits per heavy atom. The molecule has 0 aromatic rings. The van der Waals surface area contributed by atoms with Gasteiger partial charge >= 0.3 is 0 Å². The van der Waals surface area contributed by atoms with Gasteiger partial charge in [-0.25, -0.2) is 0 Å². The summed E-state index contributed by atoms with van der Waals surface area (Å²) in [4.78, 5) is 11.4. The average Bonchev–Trinajstić information content (AvgIpc) is 2.90. The minimum Gasteiger partial charge on any atom is -0.377 e. The second-order valence-corrected chi connectivity index (χ2v) is 3.17. The second kappa shape index (κ2) is 3.01. The summed E-state index contributed by atoms with van der Waals surface area (Å²) in [6.45, 7) is 0. The highest BCUT2D eigenvalue weighted by Gasteiger charge is 2.26. The lowest BCUT2D eigenvalue weighted by atomic mass is 10.2. The molecule has 0 aromatic carbocycles. The summed E-state index contributed by atoms with van der Waals surface area (Å²) < 4.78 is 0. The van der Waals surface area contributed by atoms with Crippen molar-refractivity contribution in [1.29, 1.82) is 0 Å². The van der Waals surface area contributed by atoms with Crippen molar-refractivity contribution in [3.05, 3.63) is 24.4 Å². The Balaban J connectivity index is 1.86. The van der Waals surface area contributed by atoms with Gasteiger partial charge in [0.25, 0.3) is 0 Å². The fourth-order valence-electron chi connectivity index (χ4n) is 1.13. The Morgan fingerprint density at radius 3 is 2.83 bits per heavy atom. The van der Waals surface area contributed by atoms with Gasteiger partial charge < -0.3 is 10.6 Å². The van der Waals surface area contributed by atoms with E-state index in [1.54, 1.807) is 6.20 Å². The summed E-state index contributed by atoms with van der Waals surface area (Å²) in [5.74, 6) is 0.0816. The Kier molecular flexibility index (Phi) is 1.86. The van der Waals surface area contributed by atoms with Gasteiger partial charge in [-0.1, -0.05) is 12.2 Å². The highest BCUT2D eigenvalue weighted by molar-refractivity contribution is 5.84. The number of hydrogen-bond acceptors (Lipinski definition) is 2. The molecule has 1 fully saturated rings. The van der Waals surface area contributed by atoms with Crippen LogP contribution in [0.3, 0.4) is 0 Å². The third kappa shape index (κ3) is 1.67. The Labute approximate surface area is 71.5 Å². The third-order valence-corrected chi connectivity index (χ3v) is 1.99. The van der Waals surface area contributed by atoms with Crippen LogP contribution in [0, 0.1) is 0 Å². The van der Waals surface area contributed by atoms with Crippen LogP contribution in [0.15, 0.2) is 24.4 Å². The average molecular weight is 164 g/mol. The maximum absolute atomic E-state index is 11.4. The van der Waals surface area contributed by atoms with Crippen LogP contribution >= 0.6 is 0 Å². The van der Waals surface area contributed by atoms with Crippen molar-refractivity contribution in [3.63, 3.8) is 0 Å². The molecular formula is C9H12N2O. The molecule has 0 aromatic heterocycles. The quantitative estimate of drug-likeness (QED) is 0.616. The van der Waals surface area contributed by atoms with Crippen molar-refractivity contribution in [3.8, 4) is 0 Å². The van der Waals surface area contributed by atoms with E-state index >= 15 is 0 Å². The molecule has 1 amide bonds. The van der Waals surface area contributed by atoms with Gasteiger partial charge in [0.1, 0.15) is 6.04 Å². The number of allylic oxidation sites excluding steroid dienone is 2. The number of amides is 1. The van der Waals surface area contributed by atoms with Crippen LogP contribution in [-0.4, -0.2) is 18.0 Å². The second-order valence-electron chi connectivity index (χ2n) is 3.17. The Morgan fingerprint density at radius 1 is 1.42 bits per heavy atom. The van der Waals surface area contributed by atoms with Crippen LogP contribution in [0.1, 0.15) is 12.8 Å². The number of nitrogens with one attached hydrogen (secondary N) is 2. The van der Waals surface area contributed by atoms with Crippen molar-refractivity contribution in [1.82, 2.24) is 10.6 Å². The van der Waals surface area contributed by atoms with Gasteiger partial charge in [-0.2, -0.15) is 0 Å². The standard InChI is InChI=1S/C9H12N2O/c12-9(11-7-4-5-7)8-3-1-2-6-10-8/h1-3,6-8,10H,4-5H2,(H,11,12). The largest absolute Gasteiger partial charge is 0.377 e. The SMILES string of the molecule is O=C(NC1CC1)C1C=CC=CN1. The molecule has 0 spiro atoms. The van der Waals surface area contributed by atoms with E-state index in [1.807, 2.05) is 18.2 Å². The number of carbonyl (C=O) groups excluding carboxylic acids is 1. The van der Waals surface area contributed by atoms with Crippen molar-refractivity contribution < 1.29 is 4.79 Å². The molecule has 2 aliphatic rings. The molecule has 1 unspecified atom stereocenters. The van der Waals surface area contributed by atoms with E-state index in [4.69, 9.17) is 0 Å². The first-order valence-electron chi connectivity index (χ1n) is 4.26. The molecule has 3 nitrogen and oxygen atoms in total. The van der Waals surface area contributed by atoms with Crippen LogP contribution < -0.4 is 10.6 Å². The maximum Gasteiger partial charge on any atom is 0.246 e. The first-order chi connectivity index (χ1) is 5.86. The van der Waals surface area contributed by atoms with E-state index < -0.39 is 0 Å². The summed E-state index contributed by atoms with van der Waals surface area (Å²) in [6, 6.07) is 0.272. The smallest absolute Gasteiger partial charge is 0.246 e. The zero-order chi connectivity index (χ0) is 8.39. The zero-order valence-corrected chi connectivity index (χ0v) is 6.79. The molecule has 0 radical (unpaired) electrons. The maximum atomic E-state index is 11.4. The molecule has 1 heterocycles. The molecule has 0 bridgehead atoms. The molecule has 0 saturated heterocycles. The third-order valence-electron chi connectivity index (χ3n) is 1.99. The van der Waals surface area contributed by atoms with Gasteiger partial charge in [-0.15, -0.1) is 0 Å². The molecule has 1 aliphatic heterocycles. The molecular weight excluding hydrogens is 152 g/mol. The minimum atomic E-state index is -0.171. The molecule has 64 valence electrons. The molecule has 1 aliphatic carbocycles. The van der Waals surface area contributed by atoms with E-state index in [2.05, 4.69) is 10.6 Å². The molecule has 1 saturated carbocycles. The highest BCUT2D eigenvalue weighted by atomic mass is 16.2. The molecule has 2 N–H and O–H groups in total. The van der Waals surface area contributed by atoms with Gasteiger partial charge in [0.05, 0.1) is 0 Å². The van der Waals surface area contributed by atoms with Gasteiger partial charge in [0.15, 0.2) is 0 Å². The van der Waals surface area contributed by atoms with Gasteiger partial charge in [-0.05, 0) is 25.1 Å². The van der Waals surface area contributed by atoms with Gasteiger partial charge in [0, 0.05) is 6.04 Å². The Hall–Kier alpha value is -1.25. The number of rotatable bonds is 2. The summed E-state index contributed by atoms with van der Waals surface area (Å²) in [6.07, 6.45) is 9.68. The van der Waals surface area contributed by atoms with Crippen molar-refractivity contribution in [2.24, 2.45) is 0 Å². The predicted octanol–water partition coefficient (Wildman–Crippen LogP) is 0.307. The van der Waals surface area contributed by atoms with E-state index in [-0.39, 0.29) is 11.9 Å². The molecule has 3 heteroatoms. The van der Waals surface area contributed by atoms with E-state index in [1.165, 1.54) is 0 Å². The lowest BCUT2D eigenvalue weighted by Gasteiger charge is -2.14. The van der Waals surface area contributed by atoms with Gasteiger partial charge in [0.2, 0.25) is 5.91 Å². The van der Waals surface area contributed by atoms with E-state index in [0.29, 0.717) is 6.04 Å². The summed E-state index contributed by atoms with van der Waals surface area (Å²) >= 11 is 0. The van der Waals surface area contributed by atoms with Crippen molar-refractivity contribution in [2.45, 2.75) is 24.9 Å². The summed E-state index contributed by atoms with van der Waals surface area (Å²) in [5.41, 5.74) is 0. The predicted molar refractivity (Wildman–Crippen MR) is 46.4 cm³/mol. The number of hydrogen-bond donors (Lipinski definition) is 2. The van der Waals surface area contributed by atoms with Crippen LogP contribution in [0.4, 0.5) is 0 Å². The van der Waals surface area contributed by atoms with Crippen molar-refractivity contribution >= 4 is 5.91 Å². The van der Waals surface area contributed by atoms with Crippen LogP contribution in [0.25, 0.3) is 0 Å². The van der Waals surface area contributed by atoms with Crippen molar-refractivity contribution in [2.75, 3.05) is 0 Å². The fourth-order valence-corrected chi connectivity index (χ4v) is 1.13. The molecule has 1 atom stereocenters. The fraction of sp³-hybridized carbons (Fsp3) is 0.444. The van der Waals surface area contributed by atoms with E-state index in [9.17, 15) is 4.79 Å². The normalized spacial score (nSPS) is 26.5. The highest BCUT2D eigenvalue weighted by Crippen LogP contribution is 2.18. The summed E-state index contributed by atoms with van der Waals surface area (Å²) in [5, 5.41) is 5.91. The number of carbonyl (C=O) groups is 1. The number of dihydropyridines is 1. The van der Waals surface area contributed by atoms with Crippen LogP contribution in [0.5, 0.6) is 0 Å². The van der Waals surface area contributed by atoms with E-state index in [0.717, 1.165) is 12.8 Å². The van der Waals surface area contributed by atoms with Crippen LogP contribution in [-0.2, 0) is 4.79 Å². The first-order valence-corrected chi connectivity index (χ1v) is 4.26. The Bertz CT molecular complexity index is 241. The molecule has 2 rings (SSSR count). The van der Waals surface area contributed by atoms with Crippen LogP contribution in [0.2, 0.25) is 0 Å². The minimum absolute atomic E-state index is 0.0816. The summed E-state index contributed by atoms with van der Waals surface area (Å²) in [7, 11) is 0. The molecule has 12 heavy (non-hydrogen) atoms. The topological polar surface area (TPSA) is 41.1 Å².